The number of rotatable bonds is 3. The smallest absolute Gasteiger partial charge is 0.317 e. The summed E-state index contributed by atoms with van der Waals surface area (Å²) in [5, 5.41) is 6.71. The number of likely N-dealkylation sites (tertiary alicyclic amines) is 1. The lowest BCUT2D eigenvalue weighted by molar-refractivity contribution is -0.0610. The number of alkyl halides is 2. The summed E-state index contributed by atoms with van der Waals surface area (Å²) >= 11 is 0. The number of nitrogens with one attached hydrogen (secondary N) is 1. The van der Waals surface area contributed by atoms with E-state index in [0.29, 0.717) is 50.5 Å². The minimum Gasteiger partial charge on any atom is -0.339 e. The molecule has 0 aromatic carbocycles. The molecule has 144 valence electrons. The Hall–Kier alpha value is -1.73. The summed E-state index contributed by atoms with van der Waals surface area (Å²) in [5.41, 5.74) is -0.234. The number of piperidine rings is 1. The summed E-state index contributed by atoms with van der Waals surface area (Å²) in [4.78, 5) is 18.6. The number of urea groups is 1. The topological polar surface area (TPSA) is 71.3 Å². The second kappa shape index (κ2) is 6.46. The molecule has 6 nitrogen and oxygen atoms in total. The van der Waals surface area contributed by atoms with E-state index in [1.165, 1.54) is 0 Å². The zero-order valence-corrected chi connectivity index (χ0v) is 15.1. The first-order valence-corrected chi connectivity index (χ1v) is 9.65. The predicted octanol–water partition coefficient (Wildman–Crippen LogP) is 3.59. The maximum absolute atomic E-state index is 14.0. The highest BCUT2D eigenvalue weighted by Crippen LogP contribution is 2.41. The van der Waals surface area contributed by atoms with Crippen LogP contribution in [0.3, 0.4) is 0 Å². The van der Waals surface area contributed by atoms with E-state index in [9.17, 15) is 13.6 Å². The zero-order valence-electron chi connectivity index (χ0n) is 15.1. The second-order valence-electron chi connectivity index (χ2n) is 8.29. The van der Waals surface area contributed by atoms with Gasteiger partial charge in [0, 0.05) is 30.8 Å². The molecule has 26 heavy (non-hydrogen) atoms. The Morgan fingerprint density at radius 3 is 2.58 bits per heavy atom. The molecule has 8 heteroatoms. The van der Waals surface area contributed by atoms with Crippen molar-refractivity contribution >= 4 is 6.03 Å². The van der Waals surface area contributed by atoms with Crippen molar-refractivity contribution in [3.05, 3.63) is 11.7 Å². The SMILES string of the molecule is CC1(c2noc(C3CC3)n2)CCN(C(=O)NC2CCCCC2(F)F)CC1. The van der Waals surface area contributed by atoms with Gasteiger partial charge in [-0.3, -0.25) is 0 Å². The molecule has 0 spiro atoms. The van der Waals surface area contributed by atoms with Crippen LogP contribution in [0.4, 0.5) is 13.6 Å². The Kier molecular flexibility index (Phi) is 4.39. The van der Waals surface area contributed by atoms with Crippen LogP contribution in [0.5, 0.6) is 0 Å². The molecular weight excluding hydrogens is 342 g/mol. The highest BCUT2D eigenvalue weighted by Gasteiger charge is 2.44. The molecule has 0 bridgehead atoms. The Morgan fingerprint density at radius 2 is 1.92 bits per heavy atom. The van der Waals surface area contributed by atoms with Crippen LogP contribution in [0.15, 0.2) is 4.52 Å². The van der Waals surface area contributed by atoms with Crippen LogP contribution < -0.4 is 5.32 Å². The number of carbonyl (C=O) groups excluding carboxylic acids is 1. The third-order valence-electron chi connectivity index (χ3n) is 6.12. The Labute approximate surface area is 151 Å². The third-order valence-corrected chi connectivity index (χ3v) is 6.12. The average Bonchev–Trinajstić information content (AvgIpc) is 3.33. The number of amides is 2. The number of hydrogen-bond donors (Lipinski definition) is 1. The summed E-state index contributed by atoms with van der Waals surface area (Å²) in [6, 6.07) is -1.43. The standard InChI is InChI=1S/C18H26F2N4O2/c1-17(15-22-14(26-23-15)12-5-6-12)8-10-24(11-9-17)16(25)21-13-4-2-3-7-18(13,19)20/h12-13H,2-11H2,1H3,(H,21,25). The quantitative estimate of drug-likeness (QED) is 0.885. The maximum Gasteiger partial charge on any atom is 0.317 e. The van der Waals surface area contributed by atoms with Gasteiger partial charge in [0.05, 0.1) is 6.04 Å². The Balaban J connectivity index is 1.34. The van der Waals surface area contributed by atoms with Gasteiger partial charge in [0.2, 0.25) is 5.89 Å². The van der Waals surface area contributed by atoms with Crippen molar-refractivity contribution in [3.8, 4) is 0 Å². The van der Waals surface area contributed by atoms with Crippen molar-refractivity contribution in [2.45, 2.75) is 81.6 Å². The second-order valence-corrected chi connectivity index (χ2v) is 8.29. The summed E-state index contributed by atoms with van der Waals surface area (Å²) in [6.07, 6.45) is 5.08. The molecule has 2 amide bonds. The summed E-state index contributed by atoms with van der Waals surface area (Å²) in [7, 11) is 0. The van der Waals surface area contributed by atoms with Crippen molar-refractivity contribution in [1.82, 2.24) is 20.4 Å². The molecule has 0 radical (unpaired) electrons. The fraction of sp³-hybridized carbons (Fsp3) is 0.833. The van der Waals surface area contributed by atoms with E-state index in [-0.39, 0.29) is 17.9 Å². The van der Waals surface area contributed by atoms with E-state index in [4.69, 9.17) is 4.52 Å². The van der Waals surface area contributed by atoms with Gasteiger partial charge in [0.25, 0.3) is 5.92 Å². The van der Waals surface area contributed by atoms with Gasteiger partial charge < -0.3 is 14.7 Å². The molecule has 2 saturated carbocycles. The Morgan fingerprint density at radius 1 is 1.19 bits per heavy atom. The first-order valence-electron chi connectivity index (χ1n) is 9.65. The van der Waals surface area contributed by atoms with Crippen LogP contribution in [0.1, 0.15) is 75.9 Å². The highest BCUT2D eigenvalue weighted by atomic mass is 19.3. The minimum atomic E-state index is -2.80. The maximum atomic E-state index is 14.0. The molecule has 3 fully saturated rings. The molecule has 1 aliphatic heterocycles. The fourth-order valence-electron chi connectivity index (χ4n) is 3.92. The molecule has 4 rings (SSSR count). The zero-order chi connectivity index (χ0) is 18.4. The van der Waals surface area contributed by atoms with Crippen molar-refractivity contribution in [3.63, 3.8) is 0 Å². The van der Waals surface area contributed by atoms with Crippen LogP contribution in [-0.2, 0) is 5.41 Å². The van der Waals surface area contributed by atoms with Crippen molar-refractivity contribution in [2.24, 2.45) is 0 Å². The van der Waals surface area contributed by atoms with E-state index in [2.05, 4.69) is 22.4 Å². The number of aromatic nitrogens is 2. The van der Waals surface area contributed by atoms with Crippen molar-refractivity contribution in [2.75, 3.05) is 13.1 Å². The number of halogens is 2. The molecule has 1 aromatic heterocycles. The molecule has 3 aliphatic rings. The number of carbonyl (C=O) groups is 1. The molecule has 1 aromatic rings. The Bertz CT molecular complexity index is 666. The minimum absolute atomic E-state index is 0.142. The predicted molar refractivity (Wildman–Crippen MR) is 90.2 cm³/mol. The molecule has 1 saturated heterocycles. The van der Waals surface area contributed by atoms with Crippen LogP contribution >= 0.6 is 0 Å². The van der Waals surface area contributed by atoms with Gasteiger partial charge in [-0.25, -0.2) is 13.6 Å². The molecule has 1 atom stereocenters. The van der Waals surface area contributed by atoms with Gasteiger partial charge in [-0.05, 0) is 38.5 Å². The molecule has 1 unspecified atom stereocenters. The lowest BCUT2D eigenvalue weighted by Gasteiger charge is -2.39. The molecule has 2 heterocycles. The van der Waals surface area contributed by atoms with Crippen LogP contribution in [0.2, 0.25) is 0 Å². The highest BCUT2D eigenvalue weighted by molar-refractivity contribution is 5.74. The lowest BCUT2D eigenvalue weighted by Crippen LogP contribution is -2.55. The normalized spacial score (nSPS) is 28.0. The average molecular weight is 368 g/mol. The largest absolute Gasteiger partial charge is 0.339 e. The molecular formula is C18H26F2N4O2. The fourth-order valence-corrected chi connectivity index (χ4v) is 3.92. The van der Waals surface area contributed by atoms with E-state index in [1.54, 1.807) is 4.90 Å². The van der Waals surface area contributed by atoms with Gasteiger partial charge >= 0.3 is 6.03 Å². The molecule has 1 N–H and O–H groups in total. The van der Waals surface area contributed by atoms with Crippen LogP contribution in [0, 0.1) is 0 Å². The summed E-state index contributed by atoms with van der Waals surface area (Å²) in [6.45, 7) is 3.10. The van der Waals surface area contributed by atoms with Gasteiger partial charge in [0.1, 0.15) is 0 Å². The van der Waals surface area contributed by atoms with Crippen LogP contribution in [0.25, 0.3) is 0 Å². The van der Waals surface area contributed by atoms with Crippen LogP contribution in [-0.4, -0.2) is 46.1 Å². The first-order chi connectivity index (χ1) is 12.4. The first kappa shape index (κ1) is 17.7. The lowest BCUT2D eigenvalue weighted by atomic mass is 9.79. The van der Waals surface area contributed by atoms with E-state index in [1.807, 2.05) is 0 Å². The molecule has 2 aliphatic carbocycles. The van der Waals surface area contributed by atoms with Gasteiger partial charge in [-0.1, -0.05) is 18.5 Å². The monoisotopic (exact) mass is 368 g/mol. The van der Waals surface area contributed by atoms with Gasteiger partial charge in [0.15, 0.2) is 5.82 Å². The summed E-state index contributed by atoms with van der Waals surface area (Å²) in [5.74, 6) is -0.954. The van der Waals surface area contributed by atoms with E-state index in [0.717, 1.165) is 25.2 Å². The third kappa shape index (κ3) is 3.42. The van der Waals surface area contributed by atoms with Gasteiger partial charge in [-0.2, -0.15) is 4.98 Å². The van der Waals surface area contributed by atoms with Crippen molar-refractivity contribution < 1.29 is 18.1 Å². The van der Waals surface area contributed by atoms with E-state index >= 15 is 0 Å². The summed E-state index contributed by atoms with van der Waals surface area (Å²) < 4.78 is 33.3. The van der Waals surface area contributed by atoms with Gasteiger partial charge in [-0.15, -0.1) is 0 Å². The van der Waals surface area contributed by atoms with Crippen molar-refractivity contribution in [1.29, 1.82) is 0 Å². The van der Waals surface area contributed by atoms with E-state index < -0.39 is 12.0 Å². The number of hydrogen-bond acceptors (Lipinski definition) is 4. The number of nitrogens with zero attached hydrogens (tertiary/aromatic N) is 3.